The van der Waals surface area contributed by atoms with E-state index in [-0.39, 0.29) is 18.6 Å². The quantitative estimate of drug-likeness (QED) is 0.0661. The summed E-state index contributed by atoms with van der Waals surface area (Å²) in [7, 11) is -1.20. The molecule has 0 fully saturated rings. The van der Waals surface area contributed by atoms with Crippen LogP contribution >= 0.6 is 12.4 Å². The fraction of sp³-hybridized carbons (Fsp3) is 0.917. The standard InChI is InChI=1S/C23H48N.CH4O4S.ClH.H3N/c1-5-8-9-10-11-12-13-14-15-16-17-18-19-20-21-22-23-24(4,6-2)7-3;1-5-6(2,3)4;;/h14-15H,5-13,16-23H2,1-4H3;1H3,(H,2,3,4);1H;1H3/q+1;;;/p-1/b15-14-;;;. The van der Waals surface area contributed by atoms with E-state index in [2.05, 4.69) is 44.2 Å². The number of unbranched alkanes of at least 4 members (excludes halogenated alkanes) is 12. The van der Waals surface area contributed by atoms with E-state index in [1.165, 1.54) is 114 Å². The molecule has 0 saturated carbocycles. The van der Waals surface area contributed by atoms with E-state index in [1.54, 1.807) is 0 Å². The van der Waals surface area contributed by atoms with Gasteiger partial charge >= 0.3 is 0 Å². The second-order valence-corrected chi connectivity index (χ2v) is 9.64. The summed E-state index contributed by atoms with van der Waals surface area (Å²) in [5, 5.41) is 0. The summed E-state index contributed by atoms with van der Waals surface area (Å²) in [6.45, 7) is 10.9. The van der Waals surface area contributed by atoms with E-state index in [9.17, 15) is 13.0 Å². The Labute approximate surface area is 207 Å². The molecule has 0 aromatic carbocycles. The lowest BCUT2D eigenvalue weighted by atomic mass is 10.1. The predicted molar refractivity (Wildman–Crippen MR) is 141 cm³/mol. The normalized spacial score (nSPS) is 11.4. The van der Waals surface area contributed by atoms with Crippen LogP contribution in [0.25, 0.3) is 0 Å². The molecule has 32 heavy (non-hydrogen) atoms. The Morgan fingerprint density at radius 3 is 1.44 bits per heavy atom. The summed E-state index contributed by atoms with van der Waals surface area (Å²) in [4.78, 5) is 0. The molecule has 0 radical (unpaired) electrons. The van der Waals surface area contributed by atoms with E-state index in [0.717, 1.165) is 7.11 Å². The number of nitrogens with zero attached hydrogens (tertiary/aromatic N) is 1. The third-order valence-corrected chi connectivity index (χ3v) is 6.35. The van der Waals surface area contributed by atoms with Crippen molar-refractivity contribution < 1.29 is 21.6 Å². The summed E-state index contributed by atoms with van der Waals surface area (Å²) >= 11 is 0. The molecule has 198 valence electrons. The van der Waals surface area contributed by atoms with Gasteiger partial charge in [0.1, 0.15) is 0 Å². The number of allylic oxidation sites excluding steroid dienone is 2. The van der Waals surface area contributed by atoms with E-state index in [4.69, 9.17) is 0 Å². The molecule has 0 atom stereocenters. The first-order valence-corrected chi connectivity index (χ1v) is 13.6. The van der Waals surface area contributed by atoms with Gasteiger partial charge in [0.2, 0.25) is 10.4 Å². The Balaban J connectivity index is -0.000000429. The molecule has 0 aromatic rings. The maximum Gasteiger partial charge on any atom is 0.217 e. The third kappa shape index (κ3) is 32.0. The van der Waals surface area contributed by atoms with E-state index >= 15 is 0 Å². The highest BCUT2D eigenvalue weighted by molar-refractivity contribution is 7.80. The maximum absolute atomic E-state index is 9.22. The van der Waals surface area contributed by atoms with E-state index in [0.29, 0.717) is 0 Å². The molecule has 0 bridgehead atoms. The van der Waals surface area contributed by atoms with E-state index in [1.807, 2.05) is 0 Å². The summed E-state index contributed by atoms with van der Waals surface area (Å²) in [6, 6.07) is 0. The Morgan fingerprint density at radius 2 is 1.09 bits per heavy atom. The zero-order valence-corrected chi connectivity index (χ0v) is 23.4. The smallest absolute Gasteiger partial charge is 0.217 e. The van der Waals surface area contributed by atoms with Crippen LogP contribution in [0.1, 0.15) is 111 Å². The monoisotopic (exact) mass is 502 g/mol. The van der Waals surface area contributed by atoms with Gasteiger partial charge in [0.15, 0.2) is 0 Å². The molecule has 3 N–H and O–H groups in total. The summed E-state index contributed by atoms with van der Waals surface area (Å²) < 4.78 is 32.3. The predicted octanol–water partition coefficient (Wildman–Crippen LogP) is 7.19. The molecule has 0 spiro atoms. The van der Waals surface area contributed by atoms with E-state index < -0.39 is 10.4 Å². The second kappa shape index (κ2) is 27.1. The molecule has 0 aliphatic heterocycles. The summed E-state index contributed by atoms with van der Waals surface area (Å²) in [5.41, 5.74) is 0. The molecule has 0 heterocycles. The van der Waals surface area contributed by atoms with Crippen LogP contribution in [-0.2, 0) is 14.6 Å². The van der Waals surface area contributed by atoms with Crippen molar-refractivity contribution in [2.45, 2.75) is 111 Å². The largest absolute Gasteiger partial charge is 0.726 e. The number of rotatable bonds is 19. The maximum atomic E-state index is 9.22. The molecule has 0 aliphatic rings. The van der Waals surface area contributed by atoms with Crippen molar-refractivity contribution in [2.24, 2.45) is 0 Å². The van der Waals surface area contributed by atoms with Crippen molar-refractivity contribution in [3.63, 3.8) is 0 Å². The molecule has 0 aliphatic carbocycles. The fourth-order valence-electron chi connectivity index (χ4n) is 3.28. The number of halogens is 1. The molecule has 6 nitrogen and oxygen atoms in total. The van der Waals surface area contributed by atoms with Crippen molar-refractivity contribution in [1.82, 2.24) is 6.15 Å². The minimum Gasteiger partial charge on any atom is -0.726 e. The van der Waals surface area contributed by atoms with Gasteiger partial charge in [0.05, 0.1) is 33.8 Å². The Hall–Kier alpha value is -0.180. The SMILES string of the molecule is CCCCCCCC/C=C\CCCCCCCC[N+](C)(CC)CC.COS(=O)(=O)[O-].Cl.N. The molecule has 0 amide bonds. The zero-order valence-electron chi connectivity index (χ0n) is 21.8. The highest BCUT2D eigenvalue weighted by Crippen LogP contribution is 2.11. The van der Waals surface area contributed by atoms with Crippen LogP contribution in [0.5, 0.6) is 0 Å². The van der Waals surface area contributed by atoms with Crippen molar-refractivity contribution >= 4 is 22.8 Å². The van der Waals surface area contributed by atoms with Crippen LogP contribution in [0.15, 0.2) is 12.2 Å². The number of quaternary nitrogens is 1. The van der Waals surface area contributed by atoms with Crippen LogP contribution in [0.4, 0.5) is 0 Å². The second-order valence-electron chi connectivity index (χ2n) is 8.49. The van der Waals surface area contributed by atoms with Gasteiger partial charge in [0.25, 0.3) is 0 Å². The van der Waals surface area contributed by atoms with Gasteiger partial charge in [-0.15, -0.1) is 12.4 Å². The van der Waals surface area contributed by atoms with Crippen molar-refractivity contribution in [3.8, 4) is 0 Å². The van der Waals surface area contributed by atoms with Crippen LogP contribution < -0.4 is 6.15 Å². The zero-order chi connectivity index (χ0) is 23.1. The first-order chi connectivity index (χ1) is 14.2. The highest BCUT2D eigenvalue weighted by atomic mass is 35.5. The van der Waals surface area contributed by atoms with Gasteiger partial charge in [-0.25, -0.2) is 8.42 Å². The molecule has 0 rings (SSSR count). The lowest BCUT2D eigenvalue weighted by molar-refractivity contribution is -0.906. The molecule has 0 saturated heterocycles. The number of hydrogen-bond acceptors (Lipinski definition) is 5. The minimum absolute atomic E-state index is 0. The van der Waals surface area contributed by atoms with Gasteiger partial charge in [0, 0.05) is 0 Å². The van der Waals surface area contributed by atoms with Crippen LogP contribution in [-0.4, -0.2) is 51.2 Å². The highest BCUT2D eigenvalue weighted by Gasteiger charge is 2.14. The van der Waals surface area contributed by atoms with Gasteiger partial charge in [-0.3, -0.25) is 4.18 Å². The average Bonchev–Trinajstić information content (AvgIpc) is 2.73. The third-order valence-electron chi connectivity index (χ3n) is 5.94. The van der Waals surface area contributed by atoms with Crippen LogP contribution in [0.2, 0.25) is 0 Å². The van der Waals surface area contributed by atoms with Crippen molar-refractivity contribution in [1.29, 1.82) is 0 Å². The molecular formula is C24H55ClN2O4S. The summed E-state index contributed by atoms with van der Waals surface area (Å²) in [5.74, 6) is 0. The lowest BCUT2D eigenvalue weighted by Crippen LogP contribution is -2.44. The Bertz CT molecular complexity index is 484. The first kappa shape index (κ1) is 39.1. The molecular weight excluding hydrogens is 448 g/mol. The Morgan fingerprint density at radius 1 is 0.750 bits per heavy atom. The van der Waals surface area contributed by atoms with Gasteiger partial charge in [-0.2, -0.15) is 0 Å². The van der Waals surface area contributed by atoms with Gasteiger partial charge in [-0.1, -0.05) is 70.4 Å². The Kier molecular flexibility index (Phi) is 33.0. The number of hydrogen-bond donors (Lipinski definition) is 1. The average molecular weight is 503 g/mol. The minimum atomic E-state index is -4.41. The first-order valence-electron chi connectivity index (χ1n) is 12.2. The van der Waals surface area contributed by atoms with Gasteiger partial charge in [-0.05, 0) is 52.4 Å². The fourth-order valence-corrected chi connectivity index (χ4v) is 3.28. The van der Waals surface area contributed by atoms with Gasteiger partial charge < -0.3 is 15.2 Å². The van der Waals surface area contributed by atoms with Crippen LogP contribution in [0.3, 0.4) is 0 Å². The molecule has 0 aromatic heterocycles. The van der Waals surface area contributed by atoms with Crippen molar-refractivity contribution in [3.05, 3.63) is 12.2 Å². The lowest BCUT2D eigenvalue weighted by Gasteiger charge is -2.32. The van der Waals surface area contributed by atoms with Crippen molar-refractivity contribution in [2.75, 3.05) is 33.8 Å². The topological polar surface area (TPSA) is 101 Å². The van der Waals surface area contributed by atoms with Crippen LogP contribution in [0, 0.1) is 0 Å². The molecule has 0 unspecified atom stereocenters. The summed E-state index contributed by atoms with van der Waals surface area (Å²) in [6.07, 6.45) is 24.5. The molecule has 8 heteroatoms.